The summed E-state index contributed by atoms with van der Waals surface area (Å²) < 4.78 is 0. The van der Waals surface area contributed by atoms with Crippen LogP contribution in [0, 0.1) is 0 Å². The lowest BCUT2D eigenvalue weighted by Crippen LogP contribution is -2.50. The first-order valence-electron chi connectivity index (χ1n) is 5.32. The lowest BCUT2D eigenvalue weighted by Gasteiger charge is -2.31. The molecule has 0 spiro atoms. The average Bonchev–Trinajstić information content (AvgIpc) is 2.33. The van der Waals surface area contributed by atoms with E-state index in [-0.39, 0.29) is 18.4 Å². The maximum absolute atomic E-state index is 12.0. The predicted octanol–water partition coefficient (Wildman–Crippen LogP) is -0.422. The maximum Gasteiger partial charge on any atom is 0.272 e. The molecule has 2 rings (SSSR count). The van der Waals surface area contributed by atoms with E-state index in [2.05, 4.69) is 4.98 Å². The molecule has 90 valence electrons. The molecule has 1 aliphatic rings. The normalized spacial score (nSPS) is 16.2. The zero-order valence-corrected chi connectivity index (χ0v) is 9.59. The predicted molar refractivity (Wildman–Crippen MR) is 62.2 cm³/mol. The van der Waals surface area contributed by atoms with Crippen molar-refractivity contribution in [1.82, 2.24) is 14.8 Å². The van der Waals surface area contributed by atoms with Crippen LogP contribution >= 0.6 is 0 Å². The second-order valence-electron chi connectivity index (χ2n) is 4.02. The number of likely N-dealkylation sites (N-methyl/N-ethyl adjacent to an activating group) is 1. The Labute approximate surface area is 99.0 Å². The van der Waals surface area contributed by atoms with Gasteiger partial charge < -0.3 is 15.5 Å². The second kappa shape index (κ2) is 4.40. The van der Waals surface area contributed by atoms with Crippen molar-refractivity contribution in [3.8, 4) is 0 Å². The zero-order chi connectivity index (χ0) is 12.4. The third-order valence-electron chi connectivity index (χ3n) is 2.75. The van der Waals surface area contributed by atoms with Gasteiger partial charge in [0.25, 0.3) is 5.91 Å². The van der Waals surface area contributed by atoms with Gasteiger partial charge in [0.15, 0.2) is 0 Å². The Morgan fingerprint density at radius 3 is 2.76 bits per heavy atom. The number of nitrogen functional groups attached to an aromatic ring is 1. The Balaban J connectivity index is 2.10. The molecule has 2 heterocycles. The highest BCUT2D eigenvalue weighted by molar-refractivity contribution is 5.95. The summed E-state index contributed by atoms with van der Waals surface area (Å²) in [6.45, 7) is 1.20. The van der Waals surface area contributed by atoms with E-state index in [1.165, 1.54) is 11.1 Å². The average molecular weight is 234 g/mol. The molecule has 1 aromatic rings. The molecule has 0 aromatic carbocycles. The van der Waals surface area contributed by atoms with Gasteiger partial charge in [0.2, 0.25) is 5.91 Å². The van der Waals surface area contributed by atoms with E-state index in [0.717, 1.165) is 0 Å². The van der Waals surface area contributed by atoms with Crippen molar-refractivity contribution in [2.24, 2.45) is 0 Å². The number of carbonyl (C=O) groups is 2. The van der Waals surface area contributed by atoms with Crippen molar-refractivity contribution < 1.29 is 9.59 Å². The molecule has 0 saturated carbocycles. The van der Waals surface area contributed by atoms with Crippen LogP contribution in [0.3, 0.4) is 0 Å². The molecule has 0 bridgehead atoms. The maximum atomic E-state index is 12.0. The van der Waals surface area contributed by atoms with Gasteiger partial charge in [-0.3, -0.25) is 9.59 Å². The monoisotopic (exact) mass is 234 g/mol. The fourth-order valence-electron chi connectivity index (χ4n) is 1.63. The van der Waals surface area contributed by atoms with E-state index in [1.54, 1.807) is 24.1 Å². The standard InChI is InChI=1S/C11H14N4O2/c1-14-4-5-15(7-10(14)16)11(17)9-3-2-8(12)6-13-9/h2-3,6H,4-5,7,12H2,1H3. The minimum absolute atomic E-state index is 0.0555. The Kier molecular flexibility index (Phi) is 2.95. The van der Waals surface area contributed by atoms with E-state index in [9.17, 15) is 9.59 Å². The van der Waals surface area contributed by atoms with E-state index in [4.69, 9.17) is 5.73 Å². The van der Waals surface area contributed by atoms with Gasteiger partial charge in [-0.05, 0) is 12.1 Å². The number of anilines is 1. The van der Waals surface area contributed by atoms with Crippen LogP contribution in [0.4, 0.5) is 5.69 Å². The molecule has 0 atom stereocenters. The number of carbonyl (C=O) groups excluding carboxylic acids is 2. The smallest absolute Gasteiger partial charge is 0.272 e. The van der Waals surface area contributed by atoms with E-state index in [1.807, 2.05) is 0 Å². The third kappa shape index (κ3) is 2.35. The van der Waals surface area contributed by atoms with Gasteiger partial charge >= 0.3 is 0 Å². The van der Waals surface area contributed by atoms with Crippen LogP contribution in [0.2, 0.25) is 0 Å². The number of amides is 2. The Bertz CT molecular complexity index is 443. The zero-order valence-electron chi connectivity index (χ0n) is 9.59. The third-order valence-corrected chi connectivity index (χ3v) is 2.75. The van der Waals surface area contributed by atoms with Gasteiger partial charge in [0.1, 0.15) is 12.2 Å². The number of hydrogen-bond donors (Lipinski definition) is 1. The number of piperazine rings is 1. The molecule has 6 nitrogen and oxygen atoms in total. The Morgan fingerprint density at radius 1 is 1.41 bits per heavy atom. The van der Waals surface area contributed by atoms with Crippen LogP contribution in [-0.4, -0.2) is 53.3 Å². The van der Waals surface area contributed by atoms with Crippen LogP contribution in [0.1, 0.15) is 10.5 Å². The lowest BCUT2D eigenvalue weighted by atomic mass is 10.2. The molecule has 1 aromatic heterocycles. The van der Waals surface area contributed by atoms with Gasteiger partial charge in [-0.2, -0.15) is 0 Å². The van der Waals surface area contributed by atoms with Crippen molar-refractivity contribution in [1.29, 1.82) is 0 Å². The van der Waals surface area contributed by atoms with E-state index in [0.29, 0.717) is 24.5 Å². The second-order valence-corrected chi connectivity index (χ2v) is 4.02. The summed E-state index contributed by atoms with van der Waals surface area (Å²) >= 11 is 0. The van der Waals surface area contributed by atoms with Crippen molar-refractivity contribution >= 4 is 17.5 Å². The van der Waals surface area contributed by atoms with Crippen LogP contribution < -0.4 is 5.73 Å². The number of aromatic nitrogens is 1. The first kappa shape index (κ1) is 11.4. The number of hydrogen-bond acceptors (Lipinski definition) is 4. The highest BCUT2D eigenvalue weighted by Crippen LogP contribution is 2.08. The molecule has 1 saturated heterocycles. The van der Waals surface area contributed by atoms with Gasteiger partial charge in [-0.15, -0.1) is 0 Å². The SMILES string of the molecule is CN1CCN(C(=O)c2ccc(N)cn2)CC1=O. The van der Waals surface area contributed by atoms with E-state index >= 15 is 0 Å². The van der Waals surface area contributed by atoms with Crippen LogP contribution in [0.25, 0.3) is 0 Å². The molecule has 0 aliphatic carbocycles. The minimum atomic E-state index is -0.230. The molecule has 1 aliphatic heterocycles. The van der Waals surface area contributed by atoms with Crippen molar-refractivity contribution in [3.05, 3.63) is 24.0 Å². The lowest BCUT2D eigenvalue weighted by molar-refractivity contribution is -0.133. The summed E-state index contributed by atoms with van der Waals surface area (Å²) in [5.41, 5.74) is 6.32. The molecule has 2 N–H and O–H groups in total. The van der Waals surface area contributed by atoms with Crippen molar-refractivity contribution in [2.45, 2.75) is 0 Å². The molecule has 2 amide bonds. The largest absolute Gasteiger partial charge is 0.397 e. The molecule has 0 radical (unpaired) electrons. The first-order chi connectivity index (χ1) is 8.08. The Hall–Kier alpha value is -2.11. The topological polar surface area (TPSA) is 79.5 Å². The van der Waals surface area contributed by atoms with Crippen LogP contribution in [0.15, 0.2) is 18.3 Å². The summed E-state index contributed by atoms with van der Waals surface area (Å²) in [5, 5.41) is 0. The van der Waals surface area contributed by atoms with Crippen molar-refractivity contribution in [3.63, 3.8) is 0 Å². The summed E-state index contributed by atoms with van der Waals surface area (Å²) in [6.07, 6.45) is 1.44. The number of pyridine rings is 1. The Morgan fingerprint density at radius 2 is 2.18 bits per heavy atom. The van der Waals surface area contributed by atoms with Gasteiger partial charge in [-0.25, -0.2) is 4.98 Å². The first-order valence-corrected chi connectivity index (χ1v) is 5.32. The van der Waals surface area contributed by atoms with Crippen molar-refractivity contribution in [2.75, 3.05) is 32.4 Å². The molecular formula is C11H14N4O2. The summed E-state index contributed by atoms with van der Waals surface area (Å²) in [6, 6.07) is 3.19. The highest BCUT2D eigenvalue weighted by atomic mass is 16.2. The fraction of sp³-hybridized carbons (Fsp3) is 0.364. The molecule has 0 unspecified atom stereocenters. The molecule has 17 heavy (non-hydrogen) atoms. The number of rotatable bonds is 1. The van der Waals surface area contributed by atoms with Gasteiger partial charge in [0.05, 0.1) is 11.9 Å². The summed E-state index contributed by atoms with van der Waals surface area (Å²) in [4.78, 5) is 30.6. The minimum Gasteiger partial charge on any atom is -0.397 e. The van der Waals surface area contributed by atoms with Gasteiger partial charge in [-0.1, -0.05) is 0 Å². The quantitative estimate of drug-likeness (QED) is 0.715. The molecular weight excluding hydrogens is 220 g/mol. The molecule has 1 fully saturated rings. The fourth-order valence-corrected chi connectivity index (χ4v) is 1.63. The van der Waals surface area contributed by atoms with E-state index < -0.39 is 0 Å². The van der Waals surface area contributed by atoms with Crippen LogP contribution in [0.5, 0.6) is 0 Å². The highest BCUT2D eigenvalue weighted by Gasteiger charge is 2.25. The number of nitrogens with zero attached hydrogens (tertiary/aromatic N) is 3. The summed E-state index contributed by atoms with van der Waals surface area (Å²) in [5.74, 6) is -0.286. The number of nitrogens with two attached hydrogens (primary N) is 1. The van der Waals surface area contributed by atoms with Gasteiger partial charge in [0, 0.05) is 20.1 Å². The van der Waals surface area contributed by atoms with Crippen LogP contribution in [-0.2, 0) is 4.79 Å². The summed E-state index contributed by atoms with van der Waals surface area (Å²) in [7, 11) is 1.73. The molecule has 6 heteroatoms.